The Balaban J connectivity index is 3.72. The van der Waals surface area contributed by atoms with Crippen LogP contribution >= 0.6 is 11.8 Å². The number of thioether (sulfide) groups is 1. The lowest BCUT2D eigenvalue weighted by molar-refractivity contribution is -0.141. The summed E-state index contributed by atoms with van der Waals surface area (Å²) in [5, 5.41) is 13.9. The van der Waals surface area contributed by atoms with Crippen LogP contribution < -0.4 is 10.6 Å². The molecule has 0 aromatic rings. The Labute approximate surface area is 106 Å². The molecule has 0 heterocycles. The first kappa shape index (κ1) is 15.7. The van der Waals surface area contributed by atoms with Gasteiger partial charge < -0.3 is 15.7 Å². The molecule has 0 rings (SSSR count). The Hall–Kier alpha value is -1.35. The average Bonchev–Trinajstić information content (AvgIpc) is 2.27. The highest BCUT2D eigenvalue weighted by molar-refractivity contribution is 7.99. The molecule has 0 fully saturated rings. The van der Waals surface area contributed by atoms with Crippen molar-refractivity contribution in [2.75, 3.05) is 18.1 Å². The first-order valence-corrected chi connectivity index (χ1v) is 6.43. The molecular weight excluding hydrogens is 240 g/mol. The molecule has 2 unspecified atom stereocenters. The highest BCUT2D eigenvalue weighted by Gasteiger charge is 2.20. The maximum absolute atomic E-state index is 11.3. The van der Waals surface area contributed by atoms with Gasteiger partial charge in [-0.25, -0.2) is 4.79 Å². The van der Waals surface area contributed by atoms with E-state index in [2.05, 4.69) is 16.6 Å². The Bertz CT molecular complexity index is 302. The molecule has 3 N–H and O–H groups in total. The van der Waals surface area contributed by atoms with Gasteiger partial charge in [-0.3, -0.25) is 4.79 Å². The van der Waals surface area contributed by atoms with E-state index < -0.39 is 17.9 Å². The quantitative estimate of drug-likeness (QED) is 0.465. The number of rotatable bonds is 7. The second-order valence-corrected chi connectivity index (χ2v) is 4.68. The zero-order valence-corrected chi connectivity index (χ0v) is 10.8. The second kappa shape index (κ2) is 8.76. The van der Waals surface area contributed by atoms with Crippen molar-refractivity contribution in [3.63, 3.8) is 0 Å². The third-order valence-electron chi connectivity index (χ3n) is 2.22. The monoisotopic (exact) mass is 258 g/mol. The topological polar surface area (TPSA) is 78.4 Å². The molecule has 0 saturated heterocycles. The number of hydrogen-bond acceptors (Lipinski definition) is 3. The Morgan fingerprint density at radius 1 is 1.47 bits per heavy atom. The van der Waals surface area contributed by atoms with Gasteiger partial charge in [-0.15, -0.1) is 18.2 Å². The first-order chi connectivity index (χ1) is 7.99. The van der Waals surface area contributed by atoms with Crippen molar-refractivity contribution in [3.8, 4) is 12.3 Å². The summed E-state index contributed by atoms with van der Waals surface area (Å²) in [5.74, 6) is 2.30. The fourth-order valence-electron chi connectivity index (χ4n) is 0.965. The SMILES string of the molecule is C#CCSCCNC(=O)NC(C)C(C)C(=O)O. The van der Waals surface area contributed by atoms with Crippen molar-refractivity contribution >= 4 is 23.8 Å². The molecule has 0 aromatic carbocycles. The number of carboxylic acids is 1. The van der Waals surface area contributed by atoms with Crippen LogP contribution in [0.2, 0.25) is 0 Å². The lowest BCUT2D eigenvalue weighted by Gasteiger charge is -2.17. The van der Waals surface area contributed by atoms with E-state index in [1.807, 2.05) is 0 Å². The standard InChI is InChI=1S/C11H18N2O3S/c1-4-6-17-7-5-12-11(16)13-9(3)8(2)10(14)15/h1,8-9H,5-7H2,2-3H3,(H,14,15)(H2,12,13,16). The summed E-state index contributed by atoms with van der Waals surface area (Å²) < 4.78 is 0. The lowest BCUT2D eigenvalue weighted by atomic mass is 10.0. The van der Waals surface area contributed by atoms with Crippen LogP contribution in [0.25, 0.3) is 0 Å². The molecule has 6 heteroatoms. The molecule has 0 aliphatic rings. The van der Waals surface area contributed by atoms with Crippen LogP contribution in [0.3, 0.4) is 0 Å². The summed E-state index contributed by atoms with van der Waals surface area (Å²) in [4.78, 5) is 22.0. The maximum atomic E-state index is 11.3. The van der Waals surface area contributed by atoms with E-state index in [9.17, 15) is 9.59 Å². The summed E-state index contributed by atoms with van der Waals surface area (Å²) in [6, 6.07) is -0.766. The van der Waals surface area contributed by atoms with Gasteiger partial charge in [0.25, 0.3) is 0 Å². The highest BCUT2D eigenvalue weighted by atomic mass is 32.2. The van der Waals surface area contributed by atoms with Crippen LogP contribution in [0.15, 0.2) is 0 Å². The van der Waals surface area contributed by atoms with E-state index in [4.69, 9.17) is 11.5 Å². The van der Waals surface area contributed by atoms with Crippen molar-refractivity contribution in [2.24, 2.45) is 5.92 Å². The highest BCUT2D eigenvalue weighted by Crippen LogP contribution is 2.01. The number of urea groups is 1. The molecule has 5 nitrogen and oxygen atoms in total. The zero-order valence-electron chi connectivity index (χ0n) is 10.0. The number of carbonyl (C=O) groups is 2. The first-order valence-electron chi connectivity index (χ1n) is 5.27. The third-order valence-corrected chi connectivity index (χ3v) is 3.08. The molecule has 17 heavy (non-hydrogen) atoms. The van der Waals surface area contributed by atoms with Crippen molar-refractivity contribution in [1.29, 1.82) is 0 Å². The second-order valence-electron chi connectivity index (χ2n) is 3.57. The molecule has 0 spiro atoms. The summed E-state index contributed by atoms with van der Waals surface area (Å²) >= 11 is 1.55. The van der Waals surface area contributed by atoms with E-state index >= 15 is 0 Å². The number of terminal acetylenes is 1. The number of carboxylic acid groups (broad SMARTS) is 1. The Kier molecular flexibility index (Phi) is 8.07. The number of hydrogen-bond donors (Lipinski definition) is 3. The van der Waals surface area contributed by atoms with Crippen molar-refractivity contribution in [1.82, 2.24) is 10.6 Å². The predicted molar refractivity (Wildman–Crippen MR) is 69.0 cm³/mol. The number of carbonyl (C=O) groups excluding carboxylic acids is 1. The minimum absolute atomic E-state index is 0.355. The molecule has 0 aliphatic heterocycles. The molecule has 0 aliphatic carbocycles. The fraction of sp³-hybridized carbons (Fsp3) is 0.636. The minimum Gasteiger partial charge on any atom is -0.481 e. The van der Waals surface area contributed by atoms with E-state index in [0.717, 1.165) is 5.75 Å². The summed E-state index contributed by atoms with van der Waals surface area (Å²) in [6.45, 7) is 3.72. The maximum Gasteiger partial charge on any atom is 0.315 e. The summed E-state index contributed by atoms with van der Waals surface area (Å²) in [6.07, 6.45) is 5.07. The van der Waals surface area contributed by atoms with Gasteiger partial charge in [0.1, 0.15) is 0 Å². The van der Waals surface area contributed by atoms with Crippen LogP contribution in [0.5, 0.6) is 0 Å². The molecular formula is C11H18N2O3S. The lowest BCUT2D eigenvalue weighted by Crippen LogP contribution is -2.45. The van der Waals surface area contributed by atoms with Crippen LogP contribution in [0.4, 0.5) is 4.79 Å². The Morgan fingerprint density at radius 2 is 2.12 bits per heavy atom. The fourth-order valence-corrected chi connectivity index (χ4v) is 1.47. The Morgan fingerprint density at radius 3 is 2.65 bits per heavy atom. The normalized spacial score (nSPS) is 13.2. The predicted octanol–water partition coefficient (Wildman–Crippen LogP) is 0.761. The minimum atomic E-state index is -0.928. The van der Waals surface area contributed by atoms with Crippen molar-refractivity contribution in [3.05, 3.63) is 0 Å². The van der Waals surface area contributed by atoms with Gasteiger partial charge in [-0.2, -0.15) is 0 Å². The van der Waals surface area contributed by atoms with Crippen LogP contribution in [0, 0.1) is 18.3 Å². The zero-order chi connectivity index (χ0) is 13.3. The van der Waals surface area contributed by atoms with E-state index in [0.29, 0.717) is 12.3 Å². The molecule has 0 radical (unpaired) electrons. The van der Waals surface area contributed by atoms with Gasteiger partial charge >= 0.3 is 12.0 Å². The van der Waals surface area contributed by atoms with Gasteiger partial charge in [0.2, 0.25) is 0 Å². The van der Waals surface area contributed by atoms with E-state index in [-0.39, 0.29) is 6.03 Å². The molecule has 96 valence electrons. The van der Waals surface area contributed by atoms with Gasteiger partial charge in [0, 0.05) is 18.3 Å². The summed E-state index contributed by atoms with van der Waals surface area (Å²) in [7, 11) is 0. The van der Waals surface area contributed by atoms with Crippen LogP contribution in [-0.4, -0.2) is 41.2 Å². The number of nitrogens with one attached hydrogen (secondary N) is 2. The van der Waals surface area contributed by atoms with Crippen LogP contribution in [-0.2, 0) is 4.79 Å². The van der Waals surface area contributed by atoms with Gasteiger partial charge in [-0.05, 0) is 13.8 Å². The average molecular weight is 258 g/mol. The summed E-state index contributed by atoms with van der Waals surface area (Å²) in [5.41, 5.74) is 0. The van der Waals surface area contributed by atoms with E-state index in [1.54, 1.807) is 25.6 Å². The van der Waals surface area contributed by atoms with Crippen molar-refractivity contribution < 1.29 is 14.7 Å². The number of amides is 2. The molecule has 0 aromatic heterocycles. The third kappa shape index (κ3) is 7.53. The smallest absolute Gasteiger partial charge is 0.315 e. The van der Waals surface area contributed by atoms with E-state index in [1.165, 1.54) is 0 Å². The van der Waals surface area contributed by atoms with Gasteiger partial charge in [0.05, 0.1) is 11.7 Å². The molecule has 2 amide bonds. The largest absolute Gasteiger partial charge is 0.481 e. The van der Waals surface area contributed by atoms with Crippen LogP contribution in [0.1, 0.15) is 13.8 Å². The molecule has 0 bridgehead atoms. The number of aliphatic carboxylic acids is 1. The van der Waals surface area contributed by atoms with Gasteiger partial charge in [0.15, 0.2) is 0 Å². The van der Waals surface area contributed by atoms with Crippen molar-refractivity contribution in [2.45, 2.75) is 19.9 Å². The molecule has 2 atom stereocenters. The van der Waals surface area contributed by atoms with Gasteiger partial charge in [-0.1, -0.05) is 5.92 Å². The molecule has 0 saturated carbocycles.